The Morgan fingerprint density at radius 2 is 2.00 bits per heavy atom. The van der Waals surface area contributed by atoms with Gasteiger partial charge in [-0.3, -0.25) is 4.31 Å². The maximum Gasteiger partial charge on any atom is 0.267 e. The Hall–Kier alpha value is -2.45. The molecule has 2 heterocycles. The molecule has 0 radical (unpaired) electrons. The van der Waals surface area contributed by atoms with Gasteiger partial charge in [0.05, 0.1) is 12.2 Å². The van der Waals surface area contributed by atoms with Gasteiger partial charge >= 0.3 is 0 Å². The molecule has 1 aromatic carbocycles. The quantitative estimate of drug-likeness (QED) is 0.656. The minimum absolute atomic E-state index is 0.165. The number of hydrazine groups is 1. The first-order chi connectivity index (χ1) is 10.1. The first-order valence-electron chi connectivity index (χ1n) is 6.18. The lowest BCUT2D eigenvalue weighted by molar-refractivity contribution is 0.521. The number of anilines is 1. The second-order valence-corrected chi connectivity index (χ2v) is 6.32. The summed E-state index contributed by atoms with van der Waals surface area (Å²) < 4.78 is 26.2. The van der Waals surface area contributed by atoms with Gasteiger partial charge in [0.15, 0.2) is 0 Å². The number of nitrogens with one attached hydrogen (secondary N) is 1. The van der Waals surface area contributed by atoms with Crippen molar-refractivity contribution in [2.45, 2.75) is 11.4 Å². The van der Waals surface area contributed by atoms with Crippen LogP contribution in [-0.4, -0.2) is 24.0 Å². The summed E-state index contributed by atoms with van der Waals surface area (Å²) in [7, 11) is -3.58. The van der Waals surface area contributed by atoms with Gasteiger partial charge in [-0.1, -0.05) is 18.2 Å². The molecule has 21 heavy (non-hydrogen) atoms. The number of hydrogen-bond acceptors (Lipinski definition) is 6. The number of fused-ring (bicyclic) bond motifs is 1. The first kappa shape index (κ1) is 13.5. The van der Waals surface area contributed by atoms with Crippen LogP contribution >= 0.6 is 0 Å². The Kier molecular flexibility index (Phi) is 3.32. The van der Waals surface area contributed by atoms with Gasteiger partial charge in [-0.15, -0.1) is 0 Å². The molecule has 0 bridgehead atoms. The van der Waals surface area contributed by atoms with Crippen molar-refractivity contribution in [3.05, 3.63) is 48.2 Å². The van der Waals surface area contributed by atoms with Crippen LogP contribution in [0.1, 0.15) is 5.56 Å². The first-order valence-corrected chi connectivity index (χ1v) is 7.62. The summed E-state index contributed by atoms with van der Waals surface area (Å²) in [6.07, 6.45) is 2.89. The molecule has 7 nitrogen and oxygen atoms in total. The van der Waals surface area contributed by atoms with E-state index in [1.54, 1.807) is 42.6 Å². The van der Waals surface area contributed by atoms with E-state index in [2.05, 4.69) is 15.4 Å². The summed E-state index contributed by atoms with van der Waals surface area (Å²) in [6.45, 7) is 0.165. The number of para-hydroxylation sites is 1. The van der Waals surface area contributed by atoms with Gasteiger partial charge in [-0.05, 0) is 23.8 Å². The molecule has 0 saturated carbocycles. The van der Waals surface area contributed by atoms with Crippen LogP contribution in [0.2, 0.25) is 0 Å². The van der Waals surface area contributed by atoms with E-state index in [9.17, 15) is 8.42 Å². The zero-order valence-electron chi connectivity index (χ0n) is 11.0. The fraction of sp³-hybridized carbons (Fsp3) is 0.0769. The van der Waals surface area contributed by atoms with Crippen LogP contribution in [0.15, 0.2) is 52.5 Å². The molecule has 0 fully saturated rings. The molecule has 108 valence electrons. The maximum absolute atomic E-state index is 12.5. The normalized spacial score (nSPS) is 15.6. The van der Waals surface area contributed by atoms with Gasteiger partial charge < -0.3 is 5.43 Å². The minimum atomic E-state index is -3.58. The average molecular weight is 303 g/mol. The minimum Gasteiger partial charge on any atom is -0.308 e. The molecule has 0 spiro atoms. The summed E-state index contributed by atoms with van der Waals surface area (Å²) in [5.74, 6) is 5.75. The molecule has 1 aliphatic heterocycles. The van der Waals surface area contributed by atoms with Crippen LogP contribution in [0.3, 0.4) is 0 Å². The van der Waals surface area contributed by atoms with Crippen LogP contribution in [-0.2, 0) is 16.6 Å². The molecule has 0 saturated heterocycles. The molecule has 3 N–H and O–H groups in total. The highest BCUT2D eigenvalue weighted by Crippen LogP contribution is 2.30. The van der Waals surface area contributed by atoms with Crippen molar-refractivity contribution in [3.63, 3.8) is 0 Å². The van der Waals surface area contributed by atoms with E-state index in [0.29, 0.717) is 11.5 Å². The third-order valence-electron chi connectivity index (χ3n) is 3.09. The third kappa shape index (κ3) is 2.46. The van der Waals surface area contributed by atoms with Crippen molar-refractivity contribution in [2.24, 2.45) is 10.8 Å². The summed E-state index contributed by atoms with van der Waals surface area (Å²) >= 11 is 0. The topological polar surface area (TPSA) is 101 Å². The number of aliphatic imine (C=N–C) groups is 1. The maximum atomic E-state index is 12.5. The fourth-order valence-corrected chi connectivity index (χ4v) is 3.38. The Bertz CT molecular complexity index is 786. The van der Waals surface area contributed by atoms with Crippen molar-refractivity contribution in [2.75, 3.05) is 5.43 Å². The number of benzene rings is 1. The van der Waals surface area contributed by atoms with Gasteiger partial charge in [0, 0.05) is 6.20 Å². The number of nitrogen functional groups attached to an aromatic ring is 1. The largest absolute Gasteiger partial charge is 0.308 e. The molecule has 1 aliphatic rings. The summed E-state index contributed by atoms with van der Waals surface area (Å²) in [5, 5.41) is 0. The Labute approximate surface area is 122 Å². The van der Waals surface area contributed by atoms with Crippen LogP contribution in [0.5, 0.6) is 0 Å². The Balaban J connectivity index is 1.90. The Morgan fingerprint density at radius 3 is 2.71 bits per heavy atom. The monoisotopic (exact) mass is 303 g/mol. The second-order valence-electron chi connectivity index (χ2n) is 4.46. The lowest BCUT2D eigenvalue weighted by Crippen LogP contribution is -2.31. The number of aromatic nitrogens is 1. The average Bonchev–Trinajstić information content (AvgIpc) is 2.51. The predicted molar refractivity (Wildman–Crippen MR) is 79.4 cm³/mol. The summed E-state index contributed by atoms with van der Waals surface area (Å²) in [4.78, 5) is 8.43. The standard InChI is InChI=1S/C13H13N5O2S/c14-17-13-6-5-10(7-15-13)8-18-9-16-11-3-1-2-4-12(11)21(18,19)20/h1-7,9H,8,14H2,(H,15,17). The fourth-order valence-electron chi connectivity index (χ4n) is 2.01. The molecule has 1 aromatic heterocycles. The summed E-state index contributed by atoms with van der Waals surface area (Å²) in [5.41, 5.74) is 3.61. The molecular weight excluding hydrogens is 290 g/mol. The number of hydrogen-bond donors (Lipinski definition) is 2. The number of nitrogens with zero attached hydrogens (tertiary/aromatic N) is 3. The van der Waals surface area contributed by atoms with E-state index in [1.807, 2.05) is 0 Å². The van der Waals surface area contributed by atoms with E-state index >= 15 is 0 Å². The highest BCUT2D eigenvalue weighted by molar-refractivity contribution is 7.89. The van der Waals surface area contributed by atoms with Crippen LogP contribution < -0.4 is 11.3 Å². The van der Waals surface area contributed by atoms with Gasteiger partial charge in [0.1, 0.15) is 17.1 Å². The molecule has 0 unspecified atom stereocenters. The molecular formula is C13H13N5O2S. The molecule has 0 aliphatic carbocycles. The van der Waals surface area contributed by atoms with E-state index in [0.717, 1.165) is 5.56 Å². The number of rotatable bonds is 3. The van der Waals surface area contributed by atoms with Crippen LogP contribution in [0.25, 0.3) is 0 Å². The van der Waals surface area contributed by atoms with Crippen molar-refractivity contribution in [1.82, 2.24) is 9.29 Å². The van der Waals surface area contributed by atoms with E-state index in [4.69, 9.17) is 5.84 Å². The number of nitrogens with two attached hydrogens (primary N) is 1. The van der Waals surface area contributed by atoms with E-state index in [-0.39, 0.29) is 11.4 Å². The second kappa shape index (κ2) is 5.15. The van der Waals surface area contributed by atoms with Crippen molar-refractivity contribution < 1.29 is 8.42 Å². The van der Waals surface area contributed by atoms with Gasteiger partial charge in [-0.2, -0.15) is 0 Å². The lowest BCUT2D eigenvalue weighted by Gasteiger charge is -2.23. The van der Waals surface area contributed by atoms with Crippen molar-refractivity contribution in [1.29, 1.82) is 0 Å². The molecule has 8 heteroatoms. The van der Waals surface area contributed by atoms with Crippen molar-refractivity contribution >= 4 is 27.9 Å². The number of sulfonamides is 1. The lowest BCUT2D eigenvalue weighted by atomic mass is 10.3. The predicted octanol–water partition coefficient (Wildman–Crippen LogP) is 1.23. The highest BCUT2D eigenvalue weighted by Gasteiger charge is 2.28. The van der Waals surface area contributed by atoms with Gasteiger partial charge in [0.25, 0.3) is 10.0 Å². The zero-order chi connectivity index (χ0) is 14.9. The van der Waals surface area contributed by atoms with Crippen LogP contribution in [0.4, 0.5) is 11.5 Å². The summed E-state index contributed by atoms with van der Waals surface area (Å²) in [6, 6.07) is 10.1. The van der Waals surface area contributed by atoms with Crippen molar-refractivity contribution in [3.8, 4) is 0 Å². The van der Waals surface area contributed by atoms with Gasteiger partial charge in [0.2, 0.25) is 0 Å². The Morgan fingerprint density at radius 1 is 1.19 bits per heavy atom. The van der Waals surface area contributed by atoms with E-state index < -0.39 is 10.0 Å². The molecule has 2 aromatic rings. The number of pyridine rings is 1. The van der Waals surface area contributed by atoms with Crippen LogP contribution in [0, 0.1) is 0 Å². The SMILES string of the molecule is NNc1ccc(CN2C=Nc3ccccc3S2(=O)=O)cn1. The van der Waals surface area contributed by atoms with E-state index in [1.165, 1.54) is 10.6 Å². The zero-order valence-corrected chi connectivity index (χ0v) is 11.8. The molecule has 0 atom stereocenters. The molecule has 3 rings (SSSR count). The molecule has 0 amide bonds. The third-order valence-corrected chi connectivity index (χ3v) is 4.83. The van der Waals surface area contributed by atoms with Gasteiger partial charge in [-0.25, -0.2) is 24.2 Å². The smallest absolute Gasteiger partial charge is 0.267 e. The highest BCUT2D eigenvalue weighted by atomic mass is 32.2.